The maximum Gasteiger partial charge on any atom is 0.147 e. The van der Waals surface area contributed by atoms with Crippen molar-refractivity contribution < 1.29 is 0 Å². The zero-order valence-electron chi connectivity index (χ0n) is 11.2. The van der Waals surface area contributed by atoms with E-state index in [-0.39, 0.29) is 0 Å². The van der Waals surface area contributed by atoms with Crippen LogP contribution in [0.5, 0.6) is 0 Å². The average Bonchev–Trinajstić information content (AvgIpc) is 2.48. The summed E-state index contributed by atoms with van der Waals surface area (Å²) in [5, 5.41) is 0. The summed E-state index contributed by atoms with van der Waals surface area (Å²) >= 11 is 0. The molecular formula is C15H18N4. The summed E-state index contributed by atoms with van der Waals surface area (Å²) in [6.45, 7) is 6.18. The lowest BCUT2D eigenvalue weighted by molar-refractivity contribution is 0.646. The molecule has 1 aromatic carbocycles. The standard InChI is InChI=1S/C15H18N4/c1-13-3-2-4-14(11-13)18-7-9-19(10-8-18)15-12-16-5-6-17-15/h2-6,11-12H,7-10H2,1H3. The first-order valence-electron chi connectivity index (χ1n) is 6.65. The van der Waals surface area contributed by atoms with Gasteiger partial charge in [0.1, 0.15) is 5.82 Å². The minimum absolute atomic E-state index is 0.978. The van der Waals surface area contributed by atoms with Crippen LogP contribution in [0.25, 0.3) is 0 Å². The van der Waals surface area contributed by atoms with Crippen molar-refractivity contribution in [2.75, 3.05) is 36.0 Å². The predicted molar refractivity (Wildman–Crippen MR) is 77.6 cm³/mol. The van der Waals surface area contributed by atoms with Crippen molar-refractivity contribution in [3.63, 3.8) is 0 Å². The predicted octanol–water partition coefficient (Wildman–Crippen LogP) is 2.11. The molecule has 0 amide bonds. The van der Waals surface area contributed by atoms with E-state index in [2.05, 4.69) is 51.0 Å². The zero-order valence-corrected chi connectivity index (χ0v) is 11.2. The number of benzene rings is 1. The van der Waals surface area contributed by atoms with E-state index in [1.165, 1.54) is 11.3 Å². The molecule has 1 aromatic heterocycles. The van der Waals surface area contributed by atoms with E-state index < -0.39 is 0 Å². The molecule has 2 heterocycles. The molecule has 0 bridgehead atoms. The largest absolute Gasteiger partial charge is 0.368 e. The zero-order chi connectivity index (χ0) is 13.1. The third kappa shape index (κ3) is 2.67. The van der Waals surface area contributed by atoms with Crippen LogP contribution in [0.3, 0.4) is 0 Å². The molecule has 4 heteroatoms. The monoisotopic (exact) mass is 254 g/mol. The van der Waals surface area contributed by atoms with Gasteiger partial charge in [-0.15, -0.1) is 0 Å². The highest BCUT2D eigenvalue weighted by Crippen LogP contribution is 2.19. The van der Waals surface area contributed by atoms with Gasteiger partial charge in [0.2, 0.25) is 0 Å². The van der Waals surface area contributed by atoms with Crippen molar-refractivity contribution in [2.24, 2.45) is 0 Å². The normalized spacial score (nSPS) is 15.6. The van der Waals surface area contributed by atoms with Crippen LogP contribution in [0, 0.1) is 6.92 Å². The first-order chi connectivity index (χ1) is 9.33. The summed E-state index contributed by atoms with van der Waals surface area (Å²) in [5.74, 6) is 0.978. The quantitative estimate of drug-likeness (QED) is 0.821. The van der Waals surface area contributed by atoms with E-state index in [0.29, 0.717) is 0 Å². The third-order valence-corrected chi connectivity index (χ3v) is 3.52. The summed E-state index contributed by atoms with van der Waals surface area (Å²) in [6.07, 6.45) is 5.30. The van der Waals surface area contributed by atoms with E-state index in [9.17, 15) is 0 Å². The molecule has 0 radical (unpaired) electrons. The van der Waals surface area contributed by atoms with Crippen LogP contribution < -0.4 is 9.80 Å². The highest BCUT2D eigenvalue weighted by molar-refractivity contribution is 5.50. The molecule has 0 atom stereocenters. The minimum Gasteiger partial charge on any atom is -0.368 e. The molecular weight excluding hydrogens is 236 g/mol. The van der Waals surface area contributed by atoms with Gasteiger partial charge in [-0.25, -0.2) is 4.98 Å². The molecule has 0 aliphatic carbocycles. The number of nitrogens with zero attached hydrogens (tertiary/aromatic N) is 4. The summed E-state index contributed by atoms with van der Waals surface area (Å²) in [7, 11) is 0. The highest BCUT2D eigenvalue weighted by atomic mass is 15.3. The van der Waals surface area contributed by atoms with Crippen LogP contribution >= 0.6 is 0 Å². The fraction of sp³-hybridized carbons (Fsp3) is 0.333. The Hall–Kier alpha value is -2.10. The van der Waals surface area contributed by atoms with E-state index in [1.54, 1.807) is 12.4 Å². The molecule has 98 valence electrons. The van der Waals surface area contributed by atoms with Crippen molar-refractivity contribution in [1.29, 1.82) is 0 Å². The molecule has 2 aromatic rings. The second-order valence-corrected chi connectivity index (χ2v) is 4.88. The molecule has 1 aliphatic heterocycles. The molecule has 3 rings (SSSR count). The molecule has 0 saturated carbocycles. The van der Waals surface area contributed by atoms with Gasteiger partial charge in [-0.1, -0.05) is 12.1 Å². The van der Waals surface area contributed by atoms with Gasteiger partial charge in [0.25, 0.3) is 0 Å². The lowest BCUT2D eigenvalue weighted by Gasteiger charge is -2.36. The maximum atomic E-state index is 4.36. The fourth-order valence-electron chi connectivity index (χ4n) is 2.47. The smallest absolute Gasteiger partial charge is 0.147 e. The van der Waals surface area contributed by atoms with E-state index >= 15 is 0 Å². The molecule has 4 nitrogen and oxygen atoms in total. The highest BCUT2D eigenvalue weighted by Gasteiger charge is 2.18. The Labute approximate surface area is 113 Å². The lowest BCUT2D eigenvalue weighted by Crippen LogP contribution is -2.46. The van der Waals surface area contributed by atoms with Gasteiger partial charge in [-0.3, -0.25) is 4.98 Å². The summed E-state index contributed by atoms with van der Waals surface area (Å²) in [6, 6.07) is 8.70. The number of aryl methyl sites for hydroxylation is 1. The van der Waals surface area contributed by atoms with Gasteiger partial charge in [0, 0.05) is 44.3 Å². The van der Waals surface area contributed by atoms with Gasteiger partial charge in [-0.05, 0) is 24.6 Å². The summed E-state index contributed by atoms with van der Waals surface area (Å²) < 4.78 is 0. The average molecular weight is 254 g/mol. The maximum absolute atomic E-state index is 4.36. The van der Waals surface area contributed by atoms with Gasteiger partial charge in [0.15, 0.2) is 0 Å². The van der Waals surface area contributed by atoms with Crippen LogP contribution in [-0.4, -0.2) is 36.1 Å². The van der Waals surface area contributed by atoms with Crippen molar-refractivity contribution in [2.45, 2.75) is 6.92 Å². The summed E-state index contributed by atoms with van der Waals surface area (Å²) in [4.78, 5) is 13.2. The van der Waals surface area contributed by atoms with Crippen molar-refractivity contribution in [1.82, 2.24) is 9.97 Å². The topological polar surface area (TPSA) is 32.3 Å². The fourth-order valence-corrected chi connectivity index (χ4v) is 2.47. The lowest BCUT2D eigenvalue weighted by atomic mass is 10.2. The SMILES string of the molecule is Cc1cccc(N2CCN(c3cnccn3)CC2)c1. The van der Waals surface area contributed by atoms with Gasteiger partial charge in [0.05, 0.1) is 6.20 Å². The molecule has 1 saturated heterocycles. The van der Waals surface area contributed by atoms with Gasteiger partial charge >= 0.3 is 0 Å². The minimum atomic E-state index is 0.978. The van der Waals surface area contributed by atoms with Crippen LogP contribution in [0.4, 0.5) is 11.5 Å². The van der Waals surface area contributed by atoms with Gasteiger partial charge in [-0.2, -0.15) is 0 Å². The van der Waals surface area contributed by atoms with Crippen LogP contribution in [0.1, 0.15) is 5.56 Å². The first kappa shape index (κ1) is 12.0. The van der Waals surface area contributed by atoms with Crippen molar-refractivity contribution in [3.8, 4) is 0 Å². The molecule has 0 unspecified atom stereocenters. The first-order valence-corrected chi connectivity index (χ1v) is 6.65. The Balaban J connectivity index is 1.67. The van der Waals surface area contributed by atoms with Gasteiger partial charge < -0.3 is 9.80 Å². The second-order valence-electron chi connectivity index (χ2n) is 4.88. The molecule has 19 heavy (non-hydrogen) atoms. The Morgan fingerprint density at radius 3 is 2.47 bits per heavy atom. The van der Waals surface area contributed by atoms with Crippen molar-refractivity contribution in [3.05, 3.63) is 48.4 Å². The van der Waals surface area contributed by atoms with E-state index in [1.807, 2.05) is 6.20 Å². The Kier molecular flexibility index (Phi) is 3.31. The molecule has 1 aliphatic rings. The Bertz CT molecular complexity index is 533. The number of hydrogen-bond donors (Lipinski definition) is 0. The number of aromatic nitrogens is 2. The molecule has 1 fully saturated rings. The second kappa shape index (κ2) is 5.26. The Morgan fingerprint density at radius 2 is 1.79 bits per heavy atom. The van der Waals surface area contributed by atoms with Crippen LogP contribution in [-0.2, 0) is 0 Å². The van der Waals surface area contributed by atoms with Crippen LogP contribution in [0.15, 0.2) is 42.9 Å². The molecule has 0 spiro atoms. The number of hydrogen-bond acceptors (Lipinski definition) is 4. The number of piperazine rings is 1. The van der Waals surface area contributed by atoms with Crippen molar-refractivity contribution >= 4 is 11.5 Å². The van der Waals surface area contributed by atoms with E-state index in [4.69, 9.17) is 0 Å². The number of rotatable bonds is 2. The molecule has 0 N–H and O–H groups in total. The van der Waals surface area contributed by atoms with E-state index in [0.717, 1.165) is 32.0 Å². The Morgan fingerprint density at radius 1 is 1.00 bits per heavy atom. The third-order valence-electron chi connectivity index (χ3n) is 3.52. The number of anilines is 2. The summed E-state index contributed by atoms with van der Waals surface area (Å²) in [5.41, 5.74) is 2.63. The van der Waals surface area contributed by atoms with Crippen LogP contribution in [0.2, 0.25) is 0 Å².